The van der Waals surface area contributed by atoms with Crippen LogP contribution in [0, 0.1) is 6.92 Å². The molecule has 1 aromatic heterocycles. The number of hydrogen-bond donors (Lipinski definition) is 1. The molecule has 0 bridgehead atoms. The van der Waals surface area contributed by atoms with E-state index in [0.29, 0.717) is 17.8 Å². The van der Waals surface area contributed by atoms with Gasteiger partial charge in [-0.1, -0.05) is 19.0 Å². The molecule has 1 rings (SSSR count). The van der Waals surface area contributed by atoms with Gasteiger partial charge in [0, 0.05) is 6.04 Å². The lowest BCUT2D eigenvalue weighted by Crippen LogP contribution is -2.26. The van der Waals surface area contributed by atoms with E-state index in [-0.39, 0.29) is 6.04 Å². The van der Waals surface area contributed by atoms with Crippen LogP contribution in [-0.4, -0.2) is 16.2 Å². The molecule has 4 heteroatoms. The first kappa shape index (κ1) is 9.19. The second-order valence-corrected chi connectivity index (χ2v) is 3.22. The van der Waals surface area contributed by atoms with Gasteiger partial charge < -0.3 is 9.84 Å². The number of nitrogens with one attached hydrogen (secondary N) is 1. The summed E-state index contributed by atoms with van der Waals surface area (Å²) in [5.41, 5.74) is 0. The highest BCUT2D eigenvalue weighted by Gasteiger charge is 2.12. The van der Waals surface area contributed by atoms with Crippen LogP contribution in [0.3, 0.4) is 0 Å². The molecule has 0 amide bonds. The fourth-order valence-electron chi connectivity index (χ4n) is 1.06. The molecule has 0 aliphatic heterocycles. The minimum Gasteiger partial charge on any atom is -0.338 e. The predicted octanol–water partition coefficient (Wildman–Crippen LogP) is 1.44. The third kappa shape index (κ3) is 2.30. The van der Waals surface area contributed by atoms with Crippen molar-refractivity contribution in [2.45, 2.75) is 39.8 Å². The highest BCUT2D eigenvalue weighted by atomic mass is 16.5. The lowest BCUT2D eigenvalue weighted by Gasteiger charge is -2.11. The second-order valence-electron chi connectivity index (χ2n) is 3.22. The monoisotopic (exact) mass is 169 g/mol. The molecule has 0 aromatic carbocycles. The van der Waals surface area contributed by atoms with Crippen molar-refractivity contribution in [3.63, 3.8) is 0 Å². The number of nitrogens with zero attached hydrogens (tertiary/aromatic N) is 2. The Morgan fingerprint density at radius 2 is 2.00 bits per heavy atom. The normalized spacial score (nSPS) is 13.8. The maximum atomic E-state index is 5.00. The van der Waals surface area contributed by atoms with E-state index in [1.54, 1.807) is 0 Å². The Balaban J connectivity index is 2.58. The third-order valence-corrected chi connectivity index (χ3v) is 1.50. The number of aryl methyl sites for hydroxylation is 1. The molecule has 0 spiro atoms. The van der Waals surface area contributed by atoms with Crippen LogP contribution in [-0.2, 0) is 0 Å². The summed E-state index contributed by atoms with van der Waals surface area (Å²) in [4.78, 5) is 4.12. The van der Waals surface area contributed by atoms with Crippen LogP contribution in [0.2, 0.25) is 0 Å². The Labute approximate surface area is 72.4 Å². The molecule has 1 atom stereocenters. The van der Waals surface area contributed by atoms with Crippen molar-refractivity contribution in [1.29, 1.82) is 0 Å². The van der Waals surface area contributed by atoms with Gasteiger partial charge in [0.15, 0.2) is 5.82 Å². The number of aromatic nitrogens is 2. The van der Waals surface area contributed by atoms with Gasteiger partial charge >= 0.3 is 0 Å². The predicted molar refractivity (Wildman–Crippen MR) is 45.7 cm³/mol. The van der Waals surface area contributed by atoms with Crippen LogP contribution >= 0.6 is 0 Å². The zero-order valence-electron chi connectivity index (χ0n) is 7.96. The summed E-state index contributed by atoms with van der Waals surface area (Å²) in [6.45, 7) is 7.99. The van der Waals surface area contributed by atoms with Gasteiger partial charge in [-0.25, -0.2) is 0 Å². The van der Waals surface area contributed by atoms with Crippen molar-refractivity contribution in [3.8, 4) is 0 Å². The molecule has 4 nitrogen and oxygen atoms in total. The summed E-state index contributed by atoms with van der Waals surface area (Å²) >= 11 is 0. The average molecular weight is 169 g/mol. The van der Waals surface area contributed by atoms with Crippen molar-refractivity contribution in [1.82, 2.24) is 15.5 Å². The minimum absolute atomic E-state index is 0.131. The van der Waals surface area contributed by atoms with Gasteiger partial charge in [0.2, 0.25) is 5.89 Å². The van der Waals surface area contributed by atoms with Crippen LogP contribution < -0.4 is 5.32 Å². The first-order valence-corrected chi connectivity index (χ1v) is 4.16. The van der Waals surface area contributed by atoms with E-state index in [9.17, 15) is 0 Å². The van der Waals surface area contributed by atoms with Gasteiger partial charge in [0.05, 0.1) is 6.04 Å². The first-order chi connectivity index (χ1) is 5.59. The number of hydrogen-bond acceptors (Lipinski definition) is 4. The maximum Gasteiger partial charge on any atom is 0.243 e. The summed E-state index contributed by atoms with van der Waals surface area (Å²) < 4.78 is 5.00. The van der Waals surface area contributed by atoms with E-state index >= 15 is 0 Å². The van der Waals surface area contributed by atoms with Crippen molar-refractivity contribution in [2.75, 3.05) is 0 Å². The second kappa shape index (κ2) is 3.67. The Bertz CT molecular complexity index is 244. The van der Waals surface area contributed by atoms with Gasteiger partial charge in [-0.3, -0.25) is 0 Å². The third-order valence-electron chi connectivity index (χ3n) is 1.50. The summed E-state index contributed by atoms with van der Waals surface area (Å²) in [5, 5.41) is 6.99. The van der Waals surface area contributed by atoms with Crippen LogP contribution in [0.5, 0.6) is 0 Å². The molecular weight excluding hydrogens is 154 g/mol. The van der Waals surface area contributed by atoms with E-state index in [4.69, 9.17) is 4.52 Å². The number of rotatable bonds is 3. The zero-order chi connectivity index (χ0) is 9.14. The van der Waals surface area contributed by atoms with Crippen molar-refractivity contribution in [2.24, 2.45) is 0 Å². The lowest BCUT2D eigenvalue weighted by molar-refractivity contribution is 0.328. The van der Waals surface area contributed by atoms with Gasteiger partial charge in [0.1, 0.15) is 0 Å². The molecule has 0 saturated carbocycles. The summed E-state index contributed by atoms with van der Waals surface area (Å²) in [5.74, 6) is 1.34. The minimum atomic E-state index is 0.131. The first-order valence-electron chi connectivity index (χ1n) is 4.16. The van der Waals surface area contributed by atoms with Crippen LogP contribution in [0.25, 0.3) is 0 Å². The topological polar surface area (TPSA) is 51.0 Å². The largest absolute Gasteiger partial charge is 0.338 e. The van der Waals surface area contributed by atoms with Crippen LogP contribution in [0.15, 0.2) is 4.52 Å². The molecule has 0 radical (unpaired) electrons. The molecule has 1 N–H and O–H groups in total. The molecule has 68 valence electrons. The molecule has 0 fully saturated rings. The summed E-state index contributed by atoms with van der Waals surface area (Å²) in [7, 11) is 0. The van der Waals surface area contributed by atoms with Crippen LogP contribution in [0.4, 0.5) is 0 Å². The van der Waals surface area contributed by atoms with E-state index in [0.717, 1.165) is 0 Å². The Morgan fingerprint density at radius 1 is 1.33 bits per heavy atom. The molecule has 1 heterocycles. The molecule has 0 unspecified atom stereocenters. The average Bonchev–Trinajstić information content (AvgIpc) is 2.34. The highest BCUT2D eigenvalue weighted by molar-refractivity contribution is 4.89. The van der Waals surface area contributed by atoms with E-state index < -0.39 is 0 Å². The van der Waals surface area contributed by atoms with Crippen molar-refractivity contribution >= 4 is 0 Å². The van der Waals surface area contributed by atoms with Crippen molar-refractivity contribution in [3.05, 3.63) is 11.7 Å². The molecule has 1 aromatic rings. The van der Waals surface area contributed by atoms with E-state index in [1.165, 1.54) is 0 Å². The van der Waals surface area contributed by atoms with Gasteiger partial charge in [-0.05, 0) is 13.8 Å². The Kier molecular flexibility index (Phi) is 2.81. The highest BCUT2D eigenvalue weighted by Crippen LogP contribution is 2.09. The standard InChI is InChI=1S/C8H15N3O/c1-5(2)9-6(3)8-10-7(4)11-12-8/h5-6,9H,1-4H3/t6-/m1/s1. The van der Waals surface area contributed by atoms with Crippen LogP contribution in [0.1, 0.15) is 38.5 Å². The van der Waals surface area contributed by atoms with Gasteiger partial charge in [-0.2, -0.15) is 4.98 Å². The molecule has 0 aliphatic carbocycles. The Morgan fingerprint density at radius 3 is 2.42 bits per heavy atom. The van der Waals surface area contributed by atoms with E-state index in [1.807, 2.05) is 13.8 Å². The van der Waals surface area contributed by atoms with Crippen molar-refractivity contribution < 1.29 is 4.52 Å². The summed E-state index contributed by atoms with van der Waals surface area (Å²) in [6.07, 6.45) is 0. The maximum absolute atomic E-state index is 5.00. The quantitative estimate of drug-likeness (QED) is 0.743. The van der Waals surface area contributed by atoms with E-state index in [2.05, 4.69) is 29.3 Å². The molecule has 12 heavy (non-hydrogen) atoms. The molecule has 0 aliphatic rings. The molecule has 0 saturated heterocycles. The van der Waals surface area contributed by atoms with Gasteiger partial charge in [-0.15, -0.1) is 0 Å². The molecular formula is C8H15N3O. The smallest absolute Gasteiger partial charge is 0.243 e. The zero-order valence-corrected chi connectivity index (χ0v) is 7.96. The fraction of sp³-hybridized carbons (Fsp3) is 0.750. The SMILES string of the molecule is Cc1noc([C@@H](C)NC(C)C)n1. The Hall–Kier alpha value is -0.900. The lowest BCUT2D eigenvalue weighted by atomic mass is 10.3. The summed E-state index contributed by atoms with van der Waals surface area (Å²) in [6, 6.07) is 0.554. The van der Waals surface area contributed by atoms with Gasteiger partial charge in [0.25, 0.3) is 0 Å². The fourth-order valence-corrected chi connectivity index (χ4v) is 1.06.